The van der Waals surface area contributed by atoms with Crippen molar-refractivity contribution in [2.75, 3.05) is 43.9 Å². The van der Waals surface area contributed by atoms with Crippen LogP contribution in [0.2, 0.25) is 0 Å². The Labute approximate surface area is 232 Å². The number of benzene rings is 2. The van der Waals surface area contributed by atoms with E-state index in [4.69, 9.17) is 0 Å². The molecule has 0 aliphatic carbocycles. The fourth-order valence-corrected chi connectivity index (χ4v) is 5.11. The lowest BCUT2D eigenvalue weighted by Gasteiger charge is -2.18. The summed E-state index contributed by atoms with van der Waals surface area (Å²) >= 11 is 1.71. The molecule has 0 saturated carbocycles. The third-order valence-electron chi connectivity index (χ3n) is 6.55. The van der Waals surface area contributed by atoms with Gasteiger partial charge in [0, 0.05) is 51.2 Å². The predicted octanol–water partition coefficient (Wildman–Crippen LogP) is 3.19. The Morgan fingerprint density at radius 2 is 1.85 bits per heavy atom. The van der Waals surface area contributed by atoms with Crippen LogP contribution in [0.4, 0.5) is 10.8 Å². The molecule has 0 spiro atoms. The Morgan fingerprint density at radius 3 is 2.38 bits per heavy atom. The Bertz CT molecular complexity index is 1430. The quantitative estimate of drug-likeness (QED) is 0.302. The van der Waals surface area contributed by atoms with Crippen molar-refractivity contribution in [3.63, 3.8) is 0 Å². The van der Waals surface area contributed by atoms with Gasteiger partial charge in [-0.3, -0.25) is 19.1 Å². The number of anilines is 2. The molecule has 11 heteroatoms. The Balaban J connectivity index is 0.000000185. The van der Waals surface area contributed by atoms with Gasteiger partial charge in [0.05, 0.1) is 15.9 Å². The lowest BCUT2D eigenvalue weighted by Crippen LogP contribution is -2.29. The second kappa shape index (κ2) is 14.3. The molecule has 0 bridgehead atoms. The number of nitrogens with one attached hydrogen (secondary N) is 3. The molecule has 10 nitrogen and oxygen atoms in total. The van der Waals surface area contributed by atoms with Gasteiger partial charge in [0.1, 0.15) is 5.56 Å². The van der Waals surface area contributed by atoms with Gasteiger partial charge in [-0.25, -0.2) is 9.67 Å². The maximum absolute atomic E-state index is 12.0. The Kier molecular flexibility index (Phi) is 10.8. The number of fused-ring (bicyclic) bond motifs is 1. The predicted molar refractivity (Wildman–Crippen MR) is 160 cm³/mol. The number of carbonyl (C=O) groups excluding carboxylic acids is 2. The second-order valence-electron chi connectivity index (χ2n) is 8.91. The molecule has 1 atom stereocenters. The molecule has 0 unspecified atom stereocenters. The van der Waals surface area contributed by atoms with E-state index in [9.17, 15) is 14.4 Å². The minimum absolute atomic E-state index is 0.214. The molecule has 3 heterocycles. The van der Waals surface area contributed by atoms with Crippen LogP contribution in [0.1, 0.15) is 29.4 Å². The van der Waals surface area contributed by atoms with Crippen molar-refractivity contribution in [1.82, 2.24) is 25.0 Å². The second-order valence-corrected chi connectivity index (χ2v) is 9.94. The molecule has 1 fully saturated rings. The minimum Gasteiger partial charge on any atom is -0.370 e. The molecule has 208 valence electrons. The van der Waals surface area contributed by atoms with Crippen LogP contribution in [-0.4, -0.2) is 66.8 Å². The van der Waals surface area contributed by atoms with Crippen LogP contribution < -0.4 is 26.4 Å². The summed E-state index contributed by atoms with van der Waals surface area (Å²) in [5, 5.41) is 9.87. The summed E-state index contributed by atoms with van der Waals surface area (Å²) in [5.41, 5.74) is 3.76. The number of rotatable bonds is 7. The van der Waals surface area contributed by atoms with Crippen LogP contribution in [0.25, 0.3) is 15.9 Å². The lowest BCUT2D eigenvalue weighted by molar-refractivity contribution is -0.109. The van der Waals surface area contributed by atoms with E-state index in [2.05, 4.69) is 44.0 Å². The van der Waals surface area contributed by atoms with Crippen molar-refractivity contribution >= 4 is 45.1 Å². The van der Waals surface area contributed by atoms with Gasteiger partial charge in [-0.1, -0.05) is 29.5 Å². The molecular weight excluding hydrogens is 514 g/mol. The highest BCUT2D eigenvalue weighted by Crippen LogP contribution is 2.30. The van der Waals surface area contributed by atoms with E-state index >= 15 is 0 Å². The monoisotopic (exact) mass is 551 g/mol. The van der Waals surface area contributed by atoms with Gasteiger partial charge < -0.3 is 20.9 Å². The molecule has 39 heavy (non-hydrogen) atoms. The SMILES string of the molecule is CCNC=O.CNc1nc2ccc(N3CC[C@H](NC)C3)cc2s1.Cc1c(C=O)c(=O)n(-c2ccccc2)n1C. The zero-order valence-corrected chi connectivity index (χ0v) is 23.9. The standard InChI is InChI=1S/C13H18N4S.C12H12N2O2.C3H7NO/c1-14-9-5-6-17(8-9)10-3-4-11-12(7-10)18-13(15-2)16-11;1-9-11(8-15)12(16)14(13(9)2)10-6-4-3-5-7-10;1-2-4-3-5/h3-4,7,9,14H,5-6,8H2,1-2H3,(H,15,16);3-8H,1-2H3;3H,2H2,1H3,(H,4,5)/t9-;;/m0../s1. The first-order chi connectivity index (χ1) is 18.9. The van der Waals surface area contributed by atoms with E-state index < -0.39 is 0 Å². The van der Waals surface area contributed by atoms with Crippen LogP contribution >= 0.6 is 11.3 Å². The van der Waals surface area contributed by atoms with Gasteiger partial charge in [-0.15, -0.1) is 0 Å². The number of hydrogen-bond donors (Lipinski definition) is 3. The first-order valence-electron chi connectivity index (χ1n) is 12.8. The number of hydrogen-bond acceptors (Lipinski definition) is 8. The summed E-state index contributed by atoms with van der Waals surface area (Å²) in [7, 11) is 5.72. The van der Waals surface area contributed by atoms with Crippen molar-refractivity contribution in [3.05, 3.63) is 70.1 Å². The van der Waals surface area contributed by atoms with Crippen LogP contribution in [0.5, 0.6) is 0 Å². The van der Waals surface area contributed by atoms with Crippen LogP contribution in [-0.2, 0) is 11.8 Å². The lowest BCUT2D eigenvalue weighted by atomic mass is 10.2. The average molecular weight is 552 g/mol. The maximum atomic E-state index is 12.0. The van der Waals surface area contributed by atoms with Crippen LogP contribution in [0, 0.1) is 6.92 Å². The molecule has 1 aliphatic rings. The fraction of sp³-hybridized carbons (Fsp3) is 0.357. The van der Waals surface area contributed by atoms with Gasteiger partial charge in [0.2, 0.25) is 6.41 Å². The molecule has 2 aromatic heterocycles. The highest BCUT2D eigenvalue weighted by atomic mass is 32.1. The normalized spacial score (nSPS) is 14.2. The van der Waals surface area contributed by atoms with Crippen molar-refractivity contribution in [2.45, 2.75) is 26.3 Å². The van der Waals surface area contributed by atoms with Gasteiger partial charge in [0.15, 0.2) is 11.4 Å². The average Bonchev–Trinajstić information content (AvgIpc) is 3.66. The zero-order valence-electron chi connectivity index (χ0n) is 23.1. The number of carbonyl (C=O) groups is 2. The van der Waals surface area contributed by atoms with E-state index in [-0.39, 0.29) is 11.1 Å². The summed E-state index contributed by atoms with van der Waals surface area (Å²) in [5.74, 6) is 0. The number of nitrogens with zero attached hydrogens (tertiary/aromatic N) is 4. The van der Waals surface area contributed by atoms with E-state index in [0.717, 1.165) is 36.0 Å². The first kappa shape index (κ1) is 29.6. The molecule has 1 saturated heterocycles. The summed E-state index contributed by atoms with van der Waals surface area (Å²) in [6.45, 7) is 6.58. The number of aldehydes is 1. The summed E-state index contributed by atoms with van der Waals surface area (Å²) in [6.07, 6.45) is 2.51. The topological polar surface area (TPSA) is 113 Å². The summed E-state index contributed by atoms with van der Waals surface area (Å²) < 4.78 is 4.42. The van der Waals surface area contributed by atoms with Gasteiger partial charge in [-0.2, -0.15) is 0 Å². The van der Waals surface area contributed by atoms with E-state index in [1.807, 2.05) is 51.4 Å². The smallest absolute Gasteiger partial charge is 0.282 e. The van der Waals surface area contributed by atoms with Crippen molar-refractivity contribution in [1.29, 1.82) is 0 Å². The van der Waals surface area contributed by atoms with Crippen LogP contribution in [0.15, 0.2) is 53.3 Å². The molecular formula is C28H37N7O3S. The largest absolute Gasteiger partial charge is 0.370 e. The zero-order chi connectivity index (χ0) is 28.4. The fourth-order valence-electron chi connectivity index (χ4n) is 4.26. The van der Waals surface area contributed by atoms with E-state index in [0.29, 0.717) is 24.4 Å². The van der Waals surface area contributed by atoms with Gasteiger partial charge in [0.25, 0.3) is 5.56 Å². The number of amides is 1. The van der Waals surface area contributed by atoms with E-state index in [1.54, 1.807) is 30.0 Å². The number of thiazole rings is 1. The molecule has 5 rings (SSSR count). The molecule has 4 aromatic rings. The Hall–Kier alpha value is -3.96. The third-order valence-corrected chi connectivity index (χ3v) is 7.59. The number of likely N-dealkylation sites (N-methyl/N-ethyl adjacent to an activating group) is 1. The highest BCUT2D eigenvalue weighted by Gasteiger charge is 2.21. The number of aromatic nitrogens is 3. The minimum atomic E-state index is -0.277. The first-order valence-corrected chi connectivity index (χ1v) is 13.7. The third kappa shape index (κ3) is 7.12. The van der Waals surface area contributed by atoms with Gasteiger partial charge in [-0.05, 0) is 57.6 Å². The van der Waals surface area contributed by atoms with Crippen molar-refractivity contribution in [2.24, 2.45) is 7.05 Å². The van der Waals surface area contributed by atoms with Gasteiger partial charge >= 0.3 is 0 Å². The molecule has 0 radical (unpaired) electrons. The number of para-hydroxylation sites is 1. The van der Waals surface area contributed by atoms with Crippen molar-refractivity contribution < 1.29 is 9.59 Å². The summed E-state index contributed by atoms with van der Waals surface area (Å²) in [6, 6.07) is 16.4. The highest BCUT2D eigenvalue weighted by molar-refractivity contribution is 7.22. The molecule has 1 aliphatic heterocycles. The van der Waals surface area contributed by atoms with Crippen LogP contribution in [0.3, 0.4) is 0 Å². The van der Waals surface area contributed by atoms with E-state index in [1.165, 1.54) is 21.5 Å². The molecule has 1 amide bonds. The van der Waals surface area contributed by atoms with Crippen molar-refractivity contribution in [3.8, 4) is 5.69 Å². The molecule has 3 N–H and O–H groups in total. The maximum Gasteiger partial charge on any atom is 0.282 e. The summed E-state index contributed by atoms with van der Waals surface area (Å²) in [4.78, 5) is 39.0. The molecule has 2 aromatic carbocycles. The Morgan fingerprint density at radius 1 is 1.10 bits per heavy atom.